The van der Waals surface area contributed by atoms with Crippen LogP contribution >= 0.6 is 0 Å². The van der Waals surface area contributed by atoms with E-state index in [4.69, 9.17) is 0 Å². The normalized spacial score (nSPS) is 13.3. The van der Waals surface area contributed by atoms with E-state index in [1.54, 1.807) is 0 Å². The third-order valence-electron chi connectivity index (χ3n) is 1.69. The molecule has 0 aliphatic carbocycles. The highest BCUT2D eigenvalue weighted by Gasteiger charge is 2.61. The fourth-order valence-corrected chi connectivity index (χ4v) is 0.766. The van der Waals surface area contributed by atoms with Crippen LogP contribution < -0.4 is 0 Å². The zero-order valence-corrected chi connectivity index (χ0v) is 9.08. The van der Waals surface area contributed by atoms with Crippen LogP contribution in [0.4, 0.5) is 30.7 Å². The van der Waals surface area contributed by atoms with E-state index < -0.39 is 37.0 Å². The van der Waals surface area contributed by atoms with Crippen LogP contribution in [-0.4, -0.2) is 30.6 Å². The summed E-state index contributed by atoms with van der Waals surface area (Å²) in [7, 11) is 0. The molecule has 0 radical (unpaired) electrons. The maximum absolute atomic E-state index is 12.8. The second-order valence-electron chi connectivity index (χ2n) is 3.56. The summed E-state index contributed by atoms with van der Waals surface area (Å²) in [5, 5.41) is 0. The molecule has 0 aromatic rings. The molecule has 0 rings (SSSR count). The Labute approximate surface area is 97.4 Å². The number of hydrogen-bond donors (Lipinski definition) is 0. The molecule has 0 unspecified atom stereocenters. The van der Waals surface area contributed by atoms with E-state index in [1.165, 1.54) is 0 Å². The molecule has 0 saturated heterocycles. The van der Waals surface area contributed by atoms with Gasteiger partial charge in [-0.2, -0.15) is 30.7 Å². The summed E-state index contributed by atoms with van der Waals surface area (Å²) >= 11 is 0. The van der Waals surface area contributed by atoms with E-state index in [2.05, 4.69) is 11.3 Å². The average Bonchev–Trinajstić information content (AvgIpc) is 2.09. The maximum Gasteiger partial charge on any atom is 0.395 e. The zero-order valence-electron chi connectivity index (χ0n) is 9.08. The molecule has 0 heterocycles. The van der Waals surface area contributed by atoms with Crippen LogP contribution in [-0.2, 0) is 9.53 Å². The molecule has 0 spiro atoms. The van der Waals surface area contributed by atoms with E-state index in [0.717, 1.165) is 6.92 Å². The first kappa shape index (κ1) is 16.7. The number of ether oxygens (including phenoxy) is 1. The van der Waals surface area contributed by atoms with E-state index in [0.29, 0.717) is 0 Å². The smallest absolute Gasteiger partial charge is 0.395 e. The molecular weight excluding hydrogens is 273 g/mol. The van der Waals surface area contributed by atoms with Crippen molar-refractivity contribution in [1.82, 2.24) is 0 Å². The standard InChI is InChI=1S/C9H9F7O2/c1-5(2)6(17)18-4-8(12,13)7(10,11)3-9(14,15)16/h1,3-4H2,2H3. The minimum atomic E-state index is -5.47. The Morgan fingerprint density at radius 1 is 1.06 bits per heavy atom. The van der Waals surface area contributed by atoms with Crippen LogP contribution in [0.15, 0.2) is 12.2 Å². The van der Waals surface area contributed by atoms with Crippen LogP contribution in [0.2, 0.25) is 0 Å². The summed E-state index contributed by atoms with van der Waals surface area (Å²) in [6, 6.07) is 0. The Morgan fingerprint density at radius 3 is 1.83 bits per heavy atom. The van der Waals surface area contributed by atoms with Crippen molar-refractivity contribution in [3.8, 4) is 0 Å². The lowest BCUT2D eigenvalue weighted by molar-refractivity contribution is -0.273. The molecule has 0 saturated carbocycles. The molecule has 0 amide bonds. The number of halogens is 7. The summed E-state index contributed by atoms with van der Waals surface area (Å²) in [5.41, 5.74) is -0.343. The first-order chi connectivity index (χ1) is 7.78. The molecule has 0 aliphatic rings. The van der Waals surface area contributed by atoms with Gasteiger partial charge in [-0.1, -0.05) is 6.58 Å². The highest BCUT2D eigenvalue weighted by atomic mass is 19.4. The van der Waals surface area contributed by atoms with Crippen molar-refractivity contribution in [2.45, 2.75) is 31.4 Å². The minimum absolute atomic E-state index is 0.343. The third kappa shape index (κ3) is 4.92. The van der Waals surface area contributed by atoms with Gasteiger partial charge in [-0.05, 0) is 6.92 Å². The van der Waals surface area contributed by atoms with Crippen LogP contribution in [0, 0.1) is 0 Å². The van der Waals surface area contributed by atoms with Gasteiger partial charge in [0.1, 0.15) is 6.42 Å². The number of carbonyl (C=O) groups is 1. The summed E-state index contributed by atoms with van der Waals surface area (Å²) in [6.45, 7) is 1.90. The van der Waals surface area contributed by atoms with Gasteiger partial charge in [0, 0.05) is 5.57 Å². The Bertz CT molecular complexity index is 332. The van der Waals surface area contributed by atoms with Crippen molar-refractivity contribution in [3.05, 3.63) is 12.2 Å². The Morgan fingerprint density at radius 2 is 1.50 bits per heavy atom. The average molecular weight is 282 g/mol. The molecule has 0 N–H and O–H groups in total. The molecule has 0 aliphatic heterocycles. The molecule has 9 heteroatoms. The Kier molecular flexibility index (Phi) is 4.78. The molecule has 2 nitrogen and oxygen atoms in total. The van der Waals surface area contributed by atoms with Crippen LogP contribution in [0.1, 0.15) is 13.3 Å². The minimum Gasteiger partial charge on any atom is -0.456 e. The van der Waals surface area contributed by atoms with Crippen molar-refractivity contribution < 1.29 is 40.3 Å². The lowest BCUT2D eigenvalue weighted by atomic mass is 10.1. The van der Waals surface area contributed by atoms with Gasteiger partial charge in [-0.3, -0.25) is 0 Å². The van der Waals surface area contributed by atoms with Gasteiger partial charge in [0.05, 0.1) is 0 Å². The van der Waals surface area contributed by atoms with Gasteiger partial charge >= 0.3 is 24.0 Å². The van der Waals surface area contributed by atoms with Crippen molar-refractivity contribution in [1.29, 1.82) is 0 Å². The number of esters is 1. The van der Waals surface area contributed by atoms with Crippen molar-refractivity contribution in [2.75, 3.05) is 6.61 Å². The number of carbonyl (C=O) groups excluding carboxylic acids is 1. The van der Waals surface area contributed by atoms with Crippen LogP contribution in [0.3, 0.4) is 0 Å². The van der Waals surface area contributed by atoms with Crippen molar-refractivity contribution in [3.63, 3.8) is 0 Å². The topological polar surface area (TPSA) is 26.3 Å². The highest BCUT2D eigenvalue weighted by molar-refractivity contribution is 5.86. The summed E-state index contributed by atoms with van der Waals surface area (Å²) in [6.07, 6.45) is -8.47. The van der Waals surface area contributed by atoms with Gasteiger partial charge in [0.15, 0.2) is 6.61 Å². The monoisotopic (exact) mass is 282 g/mol. The third-order valence-corrected chi connectivity index (χ3v) is 1.69. The van der Waals surface area contributed by atoms with E-state index in [-0.39, 0.29) is 5.57 Å². The second kappa shape index (κ2) is 5.15. The fourth-order valence-electron chi connectivity index (χ4n) is 0.766. The van der Waals surface area contributed by atoms with Crippen LogP contribution in [0.25, 0.3) is 0 Å². The molecule has 18 heavy (non-hydrogen) atoms. The predicted molar refractivity (Wildman–Crippen MR) is 46.3 cm³/mol. The van der Waals surface area contributed by atoms with Crippen LogP contribution in [0.5, 0.6) is 0 Å². The summed E-state index contributed by atoms with van der Waals surface area (Å²) in [5.74, 6) is -11.9. The zero-order chi connectivity index (χ0) is 14.8. The van der Waals surface area contributed by atoms with Gasteiger partial charge in [-0.15, -0.1) is 0 Å². The van der Waals surface area contributed by atoms with Gasteiger partial charge in [-0.25, -0.2) is 4.79 Å². The van der Waals surface area contributed by atoms with Gasteiger partial charge < -0.3 is 4.74 Å². The maximum atomic E-state index is 12.8. The SMILES string of the molecule is C=C(C)C(=O)OCC(F)(F)C(F)(F)CC(F)(F)F. The lowest BCUT2D eigenvalue weighted by Gasteiger charge is -2.26. The first-order valence-electron chi connectivity index (χ1n) is 4.43. The molecular formula is C9H9F7O2. The van der Waals surface area contributed by atoms with Gasteiger partial charge in [0.25, 0.3) is 0 Å². The molecule has 0 atom stereocenters. The first-order valence-corrected chi connectivity index (χ1v) is 4.43. The summed E-state index contributed by atoms with van der Waals surface area (Å²) < 4.78 is 89.7. The highest BCUT2D eigenvalue weighted by Crippen LogP contribution is 2.42. The number of rotatable bonds is 5. The molecule has 0 fully saturated rings. The number of alkyl halides is 7. The fraction of sp³-hybridized carbons (Fsp3) is 0.667. The molecule has 0 aromatic carbocycles. The van der Waals surface area contributed by atoms with E-state index in [1.807, 2.05) is 0 Å². The van der Waals surface area contributed by atoms with E-state index >= 15 is 0 Å². The van der Waals surface area contributed by atoms with Crippen molar-refractivity contribution >= 4 is 5.97 Å². The molecule has 106 valence electrons. The number of hydrogen-bond acceptors (Lipinski definition) is 2. The predicted octanol–water partition coefficient (Wildman–Crippen LogP) is 3.33. The molecule has 0 bridgehead atoms. The summed E-state index contributed by atoms with van der Waals surface area (Å²) in [4.78, 5) is 10.7. The Balaban J connectivity index is 4.70. The lowest BCUT2D eigenvalue weighted by Crippen LogP contribution is -2.47. The Hall–Kier alpha value is -1.28. The second-order valence-corrected chi connectivity index (χ2v) is 3.56. The van der Waals surface area contributed by atoms with E-state index in [9.17, 15) is 35.5 Å². The van der Waals surface area contributed by atoms with Gasteiger partial charge in [0.2, 0.25) is 0 Å². The molecule has 0 aromatic heterocycles. The quantitative estimate of drug-likeness (QED) is 0.439. The van der Waals surface area contributed by atoms with Crippen molar-refractivity contribution in [2.24, 2.45) is 0 Å². The largest absolute Gasteiger partial charge is 0.456 e.